The number of aryl methyl sites for hydroxylation is 2. The third kappa shape index (κ3) is 5.63. The van der Waals surface area contributed by atoms with E-state index in [1.807, 2.05) is 31.2 Å². The van der Waals surface area contributed by atoms with Crippen LogP contribution in [0.2, 0.25) is 0 Å². The molecule has 1 aromatic heterocycles. The van der Waals surface area contributed by atoms with Gasteiger partial charge in [-0.05, 0) is 79.8 Å². The van der Waals surface area contributed by atoms with E-state index in [4.69, 9.17) is 4.74 Å². The third-order valence-corrected chi connectivity index (χ3v) is 5.82. The number of unbranched alkanes of at least 4 members (excludes halogenated alkanes) is 2. The number of amides is 1. The number of hydrogen-bond acceptors (Lipinski definition) is 4. The van der Waals surface area contributed by atoms with Gasteiger partial charge in [-0.3, -0.25) is 4.79 Å². The van der Waals surface area contributed by atoms with Crippen LogP contribution in [-0.4, -0.2) is 27.5 Å². The molecule has 1 N–H and O–H groups in total. The fourth-order valence-electron chi connectivity index (χ4n) is 3.75. The zero-order valence-corrected chi connectivity index (χ0v) is 20.2. The van der Waals surface area contributed by atoms with E-state index < -0.39 is 0 Å². The fourth-order valence-corrected chi connectivity index (χ4v) is 3.75. The Labute approximate surface area is 200 Å². The largest absolute Gasteiger partial charge is 0.494 e. The van der Waals surface area contributed by atoms with Crippen molar-refractivity contribution in [2.24, 2.45) is 0 Å². The number of carbonyl (C=O) groups excluding carboxylic acids is 1. The molecular weight excluding hydrogens is 424 g/mol. The van der Waals surface area contributed by atoms with Crippen molar-refractivity contribution in [1.82, 2.24) is 15.0 Å². The van der Waals surface area contributed by atoms with Gasteiger partial charge < -0.3 is 10.1 Å². The lowest BCUT2D eigenvalue weighted by Crippen LogP contribution is -2.13. The molecule has 34 heavy (non-hydrogen) atoms. The van der Waals surface area contributed by atoms with Crippen LogP contribution >= 0.6 is 0 Å². The first-order valence-electron chi connectivity index (χ1n) is 12.1. The number of hydrogen-bond donors (Lipinski definition) is 1. The molecule has 4 aromatic rings. The predicted octanol–water partition coefficient (Wildman–Crippen LogP) is 6.50. The van der Waals surface area contributed by atoms with Crippen molar-refractivity contribution in [3.05, 3.63) is 77.4 Å². The molecule has 0 radical (unpaired) electrons. The highest BCUT2D eigenvalue weighted by Crippen LogP contribution is 2.24. The van der Waals surface area contributed by atoms with Crippen molar-refractivity contribution in [2.75, 3.05) is 11.9 Å². The van der Waals surface area contributed by atoms with Crippen LogP contribution in [0.3, 0.4) is 0 Å². The number of nitrogens with zero attached hydrogens (tertiary/aromatic N) is 3. The number of ether oxygens (including phenoxy) is 1. The van der Waals surface area contributed by atoms with Gasteiger partial charge in [0.05, 0.1) is 12.3 Å². The quantitative estimate of drug-likeness (QED) is 0.276. The molecule has 0 saturated carbocycles. The Bertz CT molecular complexity index is 1260. The van der Waals surface area contributed by atoms with Gasteiger partial charge in [0.2, 0.25) is 0 Å². The molecule has 1 heterocycles. The van der Waals surface area contributed by atoms with Gasteiger partial charge in [0.15, 0.2) is 0 Å². The second-order valence-corrected chi connectivity index (χ2v) is 8.60. The standard InChI is InChI=1S/C28H32N4O2/c1-4-6-9-21-12-14-23(15-13-21)32-30-26-17-20(3)25(19-27(26)31-32)29-28(33)22-10-8-11-24(18-22)34-16-7-5-2/h8,10-15,17-19H,4-7,9,16H2,1-3H3,(H,29,33). The smallest absolute Gasteiger partial charge is 0.255 e. The Morgan fingerprint density at radius 2 is 1.68 bits per heavy atom. The van der Waals surface area contributed by atoms with E-state index >= 15 is 0 Å². The molecule has 0 fully saturated rings. The lowest BCUT2D eigenvalue weighted by atomic mass is 10.1. The van der Waals surface area contributed by atoms with E-state index in [-0.39, 0.29) is 5.91 Å². The van der Waals surface area contributed by atoms with E-state index in [0.29, 0.717) is 17.9 Å². The molecule has 0 spiro atoms. The molecule has 0 bridgehead atoms. The molecule has 1 amide bonds. The molecule has 6 heteroatoms. The van der Waals surface area contributed by atoms with Crippen LogP contribution < -0.4 is 10.1 Å². The summed E-state index contributed by atoms with van der Waals surface area (Å²) in [5, 5.41) is 12.3. The van der Waals surface area contributed by atoms with Crippen molar-refractivity contribution in [3.63, 3.8) is 0 Å². The van der Waals surface area contributed by atoms with Gasteiger partial charge in [-0.25, -0.2) is 0 Å². The van der Waals surface area contributed by atoms with Crippen LogP contribution in [0.15, 0.2) is 60.7 Å². The highest BCUT2D eigenvalue weighted by molar-refractivity contribution is 6.05. The third-order valence-electron chi connectivity index (χ3n) is 5.82. The summed E-state index contributed by atoms with van der Waals surface area (Å²) >= 11 is 0. The first kappa shape index (κ1) is 23.5. The second kappa shape index (κ2) is 11.0. The van der Waals surface area contributed by atoms with Crippen LogP contribution in [0.4, 0.5) is 5.69 Å². The van der Waals surface area contributed by atoms with Gasteiger partial charge in [0.1, 0.15) is 16.8 Å². The lowest BCUT2D eigenvalue weighted by molar-refractivity contribution is 0.102. The predicted molar refractivity (Wildman–Crippen MR) is 137 cm³/mol. The summed E-state index contributed by atoms with van der Waals surface area (Å²) in [5.41, 5.74) is 5.96. The summed E-state index contributed by atoms with van der Waals surface area (Å²) in [4.78, 5) is 14.6. The fraction of sp³-hybridized carbons (Fsp3) is 0.321. The van der Waals surface area contributed by atoms with Crippen LogP contribution in [-0.2, 0) is 6.42 Å². The average Bonchev–Trinajstić information content (AvgIpc) is 3.26. The first-order valence-corrected chi connectivity index (χ1v) is 12.1. The number of anilines is 1. The van der Waals surface area contributed by atoms with E-state index in [9.17, 15) is 4.79 Å². The maximum absolute atomic E-state index is 12.9. The Morgan fingerprint density at radius 3 is 2.41 bits per heavy atom. The maximum atomic E-state index is 12.9. The van der Waals surface area contributed by atoms with Crippen LogP contribution in [0.1, 0.15) is 61.0 Å². The van der Waals surface area contributed by atoms with E-state index in [1.165, 1.54) is 18.4 Å². The van der Waals surface area contributed by atoms with Crippen LogP contribution in [0.25, 0.3) is 16.7 Å². The minimum atomic E-state index is -0.182. The summed E-state index contributed by atoms with van der Waals surface area (Å²) in [6.07, 6.45) is 5.51. The van der Waals surface area contributed by atoms with Crippen molar-refractivity contribution in [3.8, 4) is 11.4 Å². The highest BCUT2D eigenvalue weighted by Gasteiger charge is 2.13. The Hall–Kier alpha value is -3.67. The topological polar surface area (TPSA) is 69.0 Å². The molecule has 4 rings (SSSR count). The van der Waals surface area contributed by atoms with Crippen LogP contribution in [0, 0.1) is 6.92 Å². The highest BCUT2D eigenvalue weighted by atomic mass is 16.5. The maximum Gasteiger partial charge on any atom is 0.255 e. The Balaban J connectivity index is 1.51. The normalized spacial score (nSPS) is 11.0. The molecule has 0 unspecified atom stereocenters. The lowest BCUT2D eigenvalue weighted by Gasteiger charge is -2.10. The summed E-state index contributed by atoms with van der Waals surface area (Å²) in [5.74, 6) is 0.524. The summed E-state index contributed by atoms with van der Waals surface area (Å²) in [6.45, 7) is 6.93. The number of nitrogens with one attached hydrogen (secondary N) is 1. The minimum Gasteiger partial charge on any atom is -0.494 e. The molecular formula is C28H32N4O2. The van der Waals surface area contributed by atoms with E-state index in [1.54, 1.807) is 16.9 Å². The van der Waals surface area contributed by atoms with E-state index in [2.05, 4.69) is 53.6 Å². The minimum absolute atomic E-state index is 0.182. The van der Waals surface area contributed by atoms with Crippen molar-refractivity contribution < 1.29 is 9.53 Å². The zero-order valence-electron chi connectivity index (χ0n) is 20.2. The number of carbonyl (C=O) groups is 1. The molecule has 3 aromatic carbocycles. The molecule has 0 saturated heterocycles. The van der Waals surface area contributed by atoms with E-state index in [0.717, 1.165) is 47.2 Å². The number of rotatable bonds is 10. The summed E-state index contributed by atoms with van der Waals surface area (Å²) < 4.78 is 5.74. The van der Waals surface area contributed by atoms with Gasteiger partial charge in [-0.1, -0.05) is 44.9 Å². The van der Waals surface area contributed by atoms with Crippen molar-refractivity contribution in [1.29, 1.82) is 0 Å². The van der Waals surface area contributed by atoms with Crippen LogP contribution in [0.5, 0.6) is 5.75 Å². The summed E-state index contributed by atoms with van der Waals surface area (Å²) in [6, 6.07) is 19.5. The first-order chi connectivity index (χ1) is 16.6. The molecule has 6 nitrogen and oxygen atoms in total. The van der Waals surface area contributed by atoms with Gasteiger partial charge in [0.25, 0.3) is 5.91 Å². The molecule has 0 aliphatic heterocycles. The SMILES string of the molecule is CCCCOc1cccc(C(=O)Nc2cc3nn(-c4ccc(CCCC)cc4)nc3cc2C)c1. The Morgan fingerprint density at radius 1 is 0.941 bits per heavy atom. The van der Waals surface area contributed by atoms with Crippen molar-refractivity contribution >= 4 is 22.6 Å². The van der Waals surface area contributed by atoms with Gasteiger partial charge >= 0.3 is 0 Å². The second-order valence-electron chi connectivity index (χ2n) is 8.60. The summed E-state index contributed by atoms with van der Waals surface area (Å²) in [7, 11) is 0. The van der Waals surface area contributed by atoms with Gasteiger partial charge in [0, 0.05) is 11.3 Å². The number of aromatic nitrogens is 3. The average molecular weight is 457 g/mol. The zero-order chi connectivity index (χ0) is 23.9. The monoisotopic (exact) mass is 456 g/mol. The van der Waals surface area contributed by atoms with Crippen molar-refractivity contribution in [2.45, 2.75) is 52.9 Å². The van der Waals surface area contributed by atoms with Gasteiger partial charge in [-0.2, -0.15) is 4.80 Å². The number of fused-ring (bicyclic) bond motifs is 1. The molecule has 176 valence electrons. The number of benzene rings is 3. The molecule has 0 atom stereocenters. The van der Waals surface area contributed by atoms with Gasteiger partial charge in [-0.15, -0.1) is 10.2 Å². The molecule has 0 aliphatic rings. The molecule has 0 aliphatic carbocycles. The Kier molecular flexibility index (Phi) is 7.58.